The molecule has 1 atom stereocenters. The molecular weight excluding hydrogens is 514 g/mol. The summed E-state index contributed by atoms with van der Waals surface area (Å²) in [7, 11) is 5.95. The van der Waals surface area contributed by atoms with Crippen molar-refractivity contribution in [2.45, 2.75) is 12.6 Å². The average molecular weight is 542 g/mol. The predicted octanol–water partition coefficient (Wildman–Crippen LogP) is 4.63. The van der Waals surface area contributed by atoms with Crippen LogP contribution in [0.1, 0.15) is 22.8 Å². The number of aliphatic hydroxyl groups excluding tert-OH is 1. The molecule has 0 fully saturated rings. The Hall–Kier alpha value is -4.21. The van der Waals surface area contributed by atoms with E-state index < -0.39 is 18.0 Å². The number of carbonyl (C=O) groups is 2. The highest BCUT2D eigenvalue weighted by Gasteiger charge is 2.26. The maximum Gasteiger partial charge on any atom is 0.328 e. The summed E-state index contributed by atoms with van der Waals surface area (Å²) in [4.78, 5) is 25.8. The average Bonchev–Trinajstić information content (AvgIpc) is 2.93. The van der Waals surface area contributed by atoms with Crippen LogP contribution in [-0.2, 0) is 16.1 Å². The third kappa shape index (κ3) is 6.37. The summed E-state index contributed by atoms with van der Waals surface area (Å²) < 4.78 is 21.6. The van der Waals surface area contributed by atoms with Gasteiger partial charge < -0.3 is 34.1 Å². The van der Waals surface area contributed by atoms with Crippen LogP contribution in [0.3, 0.4) is 0 Å². The Morgan fingerprint density at radius 2 is 1.63 bits per heavy atom. The van der Waals surface area contributed by atoms with Crippen LogP contribution in [0.15, 0.2) is 66.7 Å². The maximum absolute atomic E-state index is 13.3. The van der Waals surface area contributed by atoms with E-state index in [9.17, 15) is 14.7 Å². The summed E-state index contributed by atoms with van der Waals surface area (Å²) in [6, 6.07) is 14.9. The van der Waals surface area contributed by atoms with E-state index >= 15 is 0 Å². The highest BCUT2D eigenvalue weighted by molar-refractivity contribution is 6.30. The number of nitrogens with zero attached hydrogens (tertiary/aromatic N) is 1. The van der Waals surface area contributed by atoms with Gasteiger partial charge in [0.25, 0.3) is 5.91 Å². The molecule has 9 nitrogen and oxygen atoms in total. The number of hydrogen-bond donors (Lipinski definition) is 2. The number of rotatable bonds is 11. The molecule has 0 heterocycles. The summed E-state index contributed by atoms with van der Waals surface area (Å²) in [5.41, 5.74) is 1.57. The van der Waals surface area contributed by atoms with Crippen LogP contribution in [0.4, 0.5) is 5.69 Å². The zero-order chi connectivity index (χ0) is 27.8. The maximum atomic E-state index is 13.3. The minimum Gasteiger partial charge on any atom is -0.497 e. The fourth-order valence-electron chi connectivity index (χ4n) is 3.95. The van der Waals surface area contributed by atoms with Crippen molar-refractivity contribution in [2.75, 3.05) is 33.3 Å². The van der Waals surface area contributed by atoms with E-state index in [1.807, 2.05) is 0 Å². The number of benzene rings is 3. The number of anilines is 1. The van der Waals surface area contributed by atoms with E-state index in [1.54, 1.807) is 48.5 Å². The number of carboxylic acid groups (broad SMARTS) is 1. The Kier molecular flexibility index (Phi) is 9.59. The number of amides is 1. The van der Waals surface area contributed by atoms with Gasteiger partial charge in [-0.25, -0.2) is 4.79 Å². The summed E-state index contributed by atoms with van der Waals surface area (Å²) in [5, 5.41) is 21.0. The number of aliphatic hydroxyl groups is 1. The highest BCUT2D eigenvalue weighted by Crippen LogP contribution is 2.41. The van der Waals surface area contributed by atoms with E-state index in [-0.39, 0.29) is 12.1 Å². The second-order valence-corrected chi connectivity index (χ2v) is 8.40. The van der Waals surface area contributed by atoms with Crippen LogP contribution in [-0.4, -0.2) is 50.5 Å². The quantitative estimate of drug-likeness (QED) is 0.338. The fraction of sp³-hybridized carbons (Fsp3) is 0.214. The smallest absolute Gasteiger partial charge is 0.328 e. The van der Waals surface area contributed by atoms with Gasteiger partial charge in [0.1, 0.15) is 17.6 Å². The number of carbonyl (C=O) groups excluding carboxylic acids is 1. The second-order valence-electron chi connectivity index (χ2n) is 7.96. The van der Waals surface area contributed by atoms with Crippen molar-refractivity contribution >= 4 is 29.2 Å². The summed E-state index contributed by atoms with van der Waals surface area (Å²) in [5.74, 6) is -0.185. The Morgan fingerprint density at radius 1 is 0.895 bits per heavy atom. The second kappa shape index (κ2) is 12.8. The number of carboxylic acids is 1. The topological polar surface area (TPSA) is 115 Å². The molecule has 200 valence electrons. The van der Waals surface area contributed by atoms with Crippen molar-refractivity contribution in [3.8, 4) is 23.0 Å². The van der Waals surface area contributed by atoms with Gasteiger partial charge in [-0.1, -0.05) is 23.7 Å². The fourth-order valence-corrected chi connectivity index (χ4v) is 4.13. The zero-order valence-electron chi connectivity index (χ0n) is 21.3. The van der Waals surface area contributed by atoms with Gasteiger partial charge in [-0.15, -0.1) is 0 Å². The normalized spacial score (nSPS) is 11.6. The number of aliphatic carboxylic acids is 1. The largest absolute Gasteiger partial charge is 0.497 e. The molecule has 0 radical (unpaired) electrons. The van der Waals surface area contributed by atoms with Gasteiger partial charge in [0.05, 0.1) is 40.7 Å². The van der Waals surface area contributed by atoms with Crippen LogP contribution in [0.25, 0.3) is 0 Å². The summed E-state index contributed by atoms with van der Waals surface area (Å²) in [6.07, 6.45) is 0.401. The Labute approximate surface area is 225 Å². The standard InChI is InChI=1S/C28H28ClNO8/c1-35-19-10-8-17(24(15-19)37-3)16-30(25(31)12-13-26(32)33)22-11-9-18(29)14-21(22)27(34)20-6-5-7-23(36-2)28(20)38-4/h5-15,27,34H,16H2,1-4H3,(H,32,33). The number of ether oxygens (including phenoxy) is 4. The molecular formula is C28H28ClNO8. The van der Waals surface area contributed by atoms with Crippen molar-refractivity contribution in [3.05, 3.63) is 88.5 Å². The van der Waals surface area contributed by atoms with Gasteiger partial charge in [0.2, 0.25) is 0 Å². The third-order valence-corrected chi connectivity index (χ3v) is 6.00. The molecule has 0 bridgehead atoms. The summed E-state index contributed by atoms with van der Waals surface area (Å²) in [6.45, 7) is -0.0213. The van der Waals surface area contributed by atoms with Crippen LogP contribution in [0, 0.1) is 0 Å². The monoisotopic (exact) mass is 541 g/mol. The van der Waals surface area contributed by atoms with Crippen molar-refractivity contribution < 1.29 is 38.7 Å². The number of para-hydroxylation sites is 1. The van der Waals surface area contributed by atoms with Crippen molar-refractivity contribution in [1.82, 2.24) is 0 Å². The molecule has 0 saturated carbocycles. The minimum atomic E-state index is -1.29. The van der Waals surface area contributed by atoms with E-state index in [4.69, 9.17) is 35.7 Å². The van der Waals surface area contributed by atoms with E-state index in [0.717, 1.165) is 12.2 Å². The molecule has 3 aromatic rings. The highest BCUT2D eigenvalue weighted by atomic mass is 35.5. The molecule has 0 aliphatic rings. The molecule has 0 aliphatic heterocycles. The van der Waals surface area contributed by atoms with E-state index in [1.165, 1.54) is 39.4 Å². The first-order chi connectivity index (χ1) is 18.2. The molecule has 0 spiro atoms. The lowest BCUT2D eigenvalue weighted by Crippen LogP contribution is -2.30. The molecule has 10 heteroatoms. The number of methoxy groups -OCH3 is 4. The first kappa shape index (κ1) is 28.4. The van der Waals surface area contributed by atoms with Gasteiger partial charge >= 0.3 is 5.97 Å². The van der Waals surface area contributed by atoms with Crippen molar-refractivity contribution in [1.29, 1.82) is 0 Å². The lowest BCUT2D eigenvalue weighted by molar-refractivity contribution is -0.131. The van der Waals surface area contributed by atoms with Gasteiger partial charge in [-0.05, 0) is 36.4 Å². The minimum absolute atomic E-state index is 0.0213. The first-order valence-corrected chi connectivity index (χ1v) is 11.7. The van der Waals surface area contributed by atoms with E-state index in [0.29, 0.717) is 44.8 Å². The van der Waals surface area contributed by atoms with Gasteiger partial charge in [0.15, 0.2) is 11.5 Å². The molecule has 1 unspecified atom stereocenters. The van der Waals surface area contributed by atoms with Crippen LogP contribution in [0.2, 0.25) is 5.02 Å². The first-order valence-electron chi connectivity index (χ1n) is 11.4. The Morgan fingerprint density at radius 3 is 2.26 bits per heavy atom. The van der Waals surface area contributed by atoms with Gasteiger partial charge in [0, 0.05) is 39.9 Å². The Bertz CT molecular complexity index is 1340. The lowest BCUT2D eigenvalue weighted by atomic mass is 9.97. The van der Waals surface area contributed by atoms with Crippen LogP contribution < -0.4 is 23.8 Å². The molecule has 3 rings (SSSR count). The molecule has 3 aromatic carbocycles. The van der Waals surface area contributed by atoms with Gasteiger partial charge in [-0.3, -0.25) is 4.79 Å². The third-order valence-electron chi connectivity index (χ3n) is 5.76. The summed E-state index contributed by atoms with van der Waals surface area (Å²) >= 11 is 6.31. The molecule has 2 N–H and O–H groups in total. The molecule has 38 heavy (non-hydrogen) atoms. The van der Waals surface area contributed by atoms with Crippen LogP contribution in [0.5, 0.6) is 23.0 Å². The SMILES string of the molecule is COc1ccc(CN(C(=O)C=CC(=O)O)c2ccc(Cl)cc2C(O)c2cccc(OC)c2OC)c(OC)c1. The van der Waals surface area contributed by atoms with Crippen LogP contribution >= 0.6 is 11.6 Å². The van der Waals surface area contributed by atoms with Gasteiger partial charge in [-0.2, -0.15) is 0 Å². The predicted molar refractivity (Wildman–Crippen MR) is 143 cm³/mol. The van der Waals surface area contributed by atoms with Crippen molar-refractivity contribution in [2.24, 2.45) is 0 Å². The number of hydrogen-bond acceptors (Lipinski definition) is 7. The zero-order valence-corrected chi connectivity index (χ0v) is 22.1. The molecule has 0 saturated heterocycles. The number of halogens is 1. The Balaban J connectivity index is 2.19. The lowest BCUT2D eigenvalue weighted by Gasteiger charge is -2.28. The molecule has 0 aliphatic carbocycles. The molecule has 1 amide bonds. The molecule has 0 aromatic heterocycles. The van der Waals surface area contributed by atoms with E-state index in [2.05, 4.69) is 0 Å². The van der Waals surface area contributed by atoms with Crippen molar-refractivity contribution in [3.63, 3.8) is 0 Å².